The molecule has 5 nitrogen and oxygen atoms in total. The van der Waals surface area contributed by atoms with Crippen LogP contribution in [-0.4, -0.2) is 49.5 Å². The van der Waals surface area contributed by atoms with Gasteiger partial charge in [-0.05, 0) is 89.1 Å². The van der Waals surface area contributed by atoms with Gasteiger partial charge in [-0.1, -0.05) is 12.8 Å². The summed E-state index contributed by atoms with van der Waals surface area (Å²) in [7, 11) is 4.13. The van der Waals surface area contributed by atoms with E-state index in [4.69, 9.17) is 4.74 Å². The number of ether oxygens (including phenoxy) is 1. The van der Waals surface area contributed by atoms with E-state index in [0.717, 1.165) is 32.1 Å². The summed E-state index contributed by atoms with van der Waals surface area (Å²) in [5.74, 6) is 1.35. The van der Waals surface area contributed by atoms with Crippen molar-refractivity contribution >= 4 is 5.97 Å². The fourth-order valence-corrected chi connectivity index (χ4v) is 7.13. The Hall–Kier alpha value is -0.650. The summed E-state index contributed by atoms with van der Waals surface area (Å²) in [6.45, 7) is 0. The van der Waals surface area contributed by atoms with Crippen molar-refractivity contribution < 1.29 is 14.6 Å². The predicted molar refractivity (Wildman–Crippen MR) is 106 cm³/mol. The summed E-state index contributed by atoms with van der Waals surface area (Å²) in [6, 6.07) is 1.10. The number of carbonyl (C=O) groups is 1. The number of carboxylic acid groups (broad SMARTS) is 1. The van der Waals surface area contributed by atoms with E-state index in [2.05, 4.69) is 24.7 Å². The van der Waals surface area contributed by atoms with E-state index in [0.29, 0.717) is 48.0 Å². The van der Waals surface area contributed by atoms with Crippen LogP contribution < -0.4 is 10.6 Å². The molecule has 1 aliphatic heterocycles. The molecule has 4 rings (SSSR count). The zero-order valence-electron chi connectivity index (χ0n) is 17.0. The van der Waals surface area contributed by atoms with Crippen molar-refractivity contribution in [2.24, 2.45) is 29.6 Å². The highest BCUT2D eigenvalue weighted by molar-refractivity contribution is 5.70. The van der Waals surface area contributed by atoms with Crippen LogP contribution in [0.25, 0.3) is 0 Å². The van der Waals surface area contributed by atoms with Gasteiger partial charge in [0.1, 0.15) is 0 Å². The molecular formula is C22H38N2O3. The van der Waals surface area contributed by atoms with Gasteiger partial charge in [0.2, 0.25) is 0 Å². The Balaban J connectivity index is 1.62. The van der Waals surface area contributed by atoms with Crippen molar-refractivity contribution in [1.82, 2.24) is 10.6 Å². The molecule has 0 aromatic rings. The highest BCUT2D eigenvalue weighted by atomic mass is 16.5. The van der Waals surface area contributed by atoms with E-state index in [1.807, 2.05) is 0 Å². The van der Waals surface area contributed by atoms with Crippen LogP contribution in [0, 0.1) is 29.6 Å². The summed E-state index contributed by atoms with van der Waals surface area (Å²) in [6.07, 6.45) is 11.9. The van der Waals surface area contributed by atoms with Gasteiger partial charge in [0.25, 0.3) is 0 Å². The minimum absolute atomic E-state index is 0.132. The van der Waals surface area contributed by atoms with Crippen LogP contribution in [0.3, 0.4) is 0 Å². The predicted octanol–water partition coefficient (Wildman–Crippen LogP) is 3.04. The average Bonchev–Trinajstić information content (AvgIpc) is 2.71. The molecule has 3 saturated carbocycles. The number of nitrogens with one attached hydrogen (secondary N) is 2. The van der Waals surface area contributed by atoms with Crippen molar-refractivity contribution in [2.45, 2.75) is 88.5 Å². The maximum Gasteiger partial charge on any atom is 0.306 e. The number of carboxylic acids is 1. The minimum atomic E-state index is -0.549. The maximum absolute atomic E-state index is 12.1. The maximum atomic E-state index is 12.1. The highest BCUT2D eigenvalue weighted by Gasteiger charge is 2.53. The Bertz CT molecular complexity index is 500. The highest BCUT2D eigenvalue weighted by Crippen LogP contribution is 2.53. The second-order valence-corrected chi connectivity index (χ2v) is 9.61. The van der Waals surface area contributed by atoms with E-state index in [-0.39, 0.29) is 5.92 Å². The molecule has 4 aliphatic rings. The van der Waals surface area contributed by atoms with Gasteiger partial charge < -0.3 is 20.5 Å². The molecule has 154 valence electrons. The lowest BCUT2D eigenvalue weighted by molar-refractivity contribution is -0.196. The molecular weight excluding hydrogens is 340 g/mol. The van der Waals surface area contributed by atoms with Gasteiger partial charge in [-0.2, -0.15) is 0 Å². The summed E-state index contributed by atoms with van der Waals surface area (Å²) in [5, 5.41) is 16.9. The molecule has 9 atom stereocenters. The fraction of sp³-hybridized carbons (Fsp3) is 0.955. The van der Waals surface area contributed by atoms with Crippen LogP contribution in [0.5, 0.6) is 0 Å². The molecule has 1 heterocycles. The van der Waals surface area contributed by atoms with Gasteiger partial charge in [0.15, 0.2) is 0 Å². The normalized spacial score (nSPS) is 47.7. The van der Waals surface area contributed by atoms with Crippen LogP contribution in [0.4, 0.5) is 0 Å². The molecule has 0 radical (unpaired) electrons. The molecule has 3 N–H and O–H groups in total. The average molecular weight is 379 g/mol. The molecule has 27 heavy (non-hydrogen) atoms. The summed E-state index contributed by atoms with van der Waals surface area (Å²) in [4.78, 5) is 12.1. The third-order valence-corrected chi connectivity index (χ3v) is 8.47. The van der Waals surface area contributed by atoms with Crippen LogP contribution >= 0.6 is 0 Å². The Morgan fingerprint density at radius 2 is 1.37 bits per heavy atom. The van der Waals surface area contributed by atoms with Crippen LogP contribution in [0.1, 0.15) is 64.2 Å². The van der Waals surface area contributed by atoms with Gasteiger partial charge in [0, 0.05) is 12.1 Å². The van der Waals surface area contributed by atoms with Gasteiger partial charge in [-0.25, -0.2) is 0 Å². The van der Waals surface area contributed by atoms with Gasteiger partial charge in [-0.3, -0.25) is 4.79 Å². The largest absolute Gasteiger partial charge is 0.481 e. The lowest BCUT2D eigenvalue weighted by atomic mass is 9.56. The molecule has 5 heteroatoms. The standard InChI is InChI=1S/C22H38N2O3/c1-23-13-7-9-17-19(11-13)27-20-12-14(24-2)8-10-18(20)21(17)15-5-3-4-6-16(15)22(25)26/h13-21,23-24H,3-12H2,1-2H3,(H,25,26)/t13-,14+,15?,16?,17?,18?,19-,20?,21?/m1/s1. The minimum Gasteiger partial charge on any atom is -0.481 e. The Morgan fingerprint density at radius 1 is 0.815 bits per heavy atom. The van der Waals surface area contributed by atoms with Crippen molar-refractivity contribution in [1.29, 1.82) is 0 Å². The third kappa shape index (κ3) is 3.79. The summed E-state index contributed by atoms with van der Waals surface area (Å²) >= 11 is 0. The second kappa shape index (κ2) is 8.38. The van der Waals surface area contributed by atoms with E-state index in [1.165, 1.54) is 32.1 Å². The molecule has 1 saturated heterocycles. The zero-order valence-corrected chi connectivity index (χ0v) is 17.0. The molecule has 0 bridgehead atoms. The Labute approximate surface area is 164 Å². The number of aliphatic carboxylic acids is 1. The quantitative estimate of drug-likeness (QED) is 0.701. The molecule has 0 amide bonds. The van der Waals surface area contributed by atoms with E-state index < -0.39 is 5.97 Å². The van der Waals surface area contributed by atoms with Gasteiger partial charge >= 0.3 is 5.97 Å². The number of hydrogen-bond acceptors (Lipinski definition) is 4. The molecule has 4 fully saturated rings. The van der Waals surface area contributed by atoms with Crippen LogP contribution in [0.2, 0.25) is 0 Å². The van der Waals surface area contributed by atoms with E-state index in [1.54, 1.807) is 0 Å². The third-order valence-electron chi connectivity index (χ3n) is 8.47. The fourth-order valence-electron chi connectivity index (χ4n) is 7.13. The molecule has 0 aromatic heterocycles. The summed E-state index contributed by atoms with van der Waals surface area (Å²) < 4.78 is 6.75. The molecule has 0 aromatic carbocycles. The molecule has 0 spiro atoms. The Kier molecular flexibility index (Phi) is 6.10. The first-order chi connectivity index (χ1) is 13.1. The van der Waals surface area contributed by atoms with Crippen LogP contribution in [-0.2, 0) is 9.53 Å². The second-order valence-electron chi connectivity index (χ2n) is 9.61. The molecule has 3 aliphatic carbocycles. The monoisotopic (exact) mass is 378 g/mol. The SMILES string of the molecule is CN[C@@H]1CCC2C(C3CCCCC3C(=O)O)C3CC[C@H](NC)CC3O[C@@H]2C1. The number of rotatable bonds is 4. The van der Waals surface area contributed by atoms with Gasteiger partial charge in [0.05, 0.1) is 18.1 Å². The lowest BCUT2D eigenvalue weighted by Gasteiger charge is -2.56. The Morgan fingerprint density at radius 3 is 1.89 bits per heavy atom. The topological polar surface area (TPSA) is 70.6 Å². The van der Waals surface area contributed by atoms with Gasteiger partial charge in [-0.15, -0.1) is 0 Å². The molecule has 6 unspecified atom stereocenters. The smallest absolute Gasteiger partial charge is 0.306 e. The first-order valence-electron chi connectivity index (χ1n) is 11.3. The first-order valence-corrected chi connectivity index (χ1v) is 11.3. The summed E-state index contributed by atoms with van der Waals surface area (Å²) in [5.41, 5.74) is 0. The van der Waals surface area contributed by atoms with Crippen LogP contribution in [0.15, 0.2) is 0 Å². The van der Waals surface area contributed by atoms with Crippen molar-refractivity contribution in [3.05, 3.63) is 0 Å². The van der Waals surface area contributed by atoms with E-state index >= 15 is 0 Å². The van der Waals surface area contributed by atoms with E-state index in [9.17, 15) is 9.90 Å². The lowest BCUT2D eigenvalue weighted by Crippen LogP contribution is -2.58. The van der Waals surface area contributed by atoms with Crippen molar-refractivity contribution in [2.75, 3.05) is 14.1 Å². The van der Waals surface area contributed by atoms with Crippen molar-refractivity contribution in [3.8, 4) is 0 Å². The first kappa shape index (κ1) is 19.7. The zero-order chi connectivity index (χ0) is 19.0. The number of fused-ring (bicyclic) bond motifs is 2. The van der Waals surface area contributed by atoms with Crippen molar-refractivity contribution in [3.63, 3.8) is 0 Å². The number of hydrogen-bond donors (Lipinski definition) is 3.